The molecule has 1 aliphatic carbocycles. The van der Waals surface area contributed by atoms with Gasteiger partial charge in [0, 0.05) is 6.54 Å². The second-order valence-corrected chi connectivity index (χ2v) is 5.33. The summed E-state index contributed by atoms with van der Waals surface area (Å²) in [4.78, 5) is 0. The van der Waals surface area contributed by atoms with Crippen molar-refractivity contribution in [2.75, 3.05) is 11.9 Å². The molecule has 0 heterocycles. The molecule has 0 aromatic heterocycles. The maximum Gasteiger partial charge on any atom is 0.101 e. The summed E-state index contributed by atoms with van der Waals surface area (Å²) in [6.45, 7) is 3.04. The average molecular weight is 242 g/mol. The van der Waals surface area contributed by atoms with Crippen molar-refractivity contribution in [1.82, 2.24) is 0 Å². The second-order valence-electron chi connectivity index (χ2n) is 5.33. The van der Waals surface area contributed by atoms with Gasteiger partial charge < -0.3 is 5.32 Å². The minimum atomic E-state index is 0.760. The molecule has 0 saturated heterocycles. The van der Waals surface area contributed by atoms with E-state index in [1.165, 1.54) is 38.5 Å². The molecule has 1 aliphatic rings. The van der Waals surface area contributed by atoms with E-state index in [1.54, 1.807) is 0 Å². The summed E-state index contributed by atoms with van der Waals surface area (Å²) in [5, 5.41) is 12.5. The minimum Gasteiger partial charge on any atom is -0.384 e. The Labute approximate surface area is 110 Å². The molecule has 2 heteroatoms. The van der Waals surface area contributed by atoms with Crippen LogP contribution in [0.5, 0.6) is 0 Å². The van der Waals surface area contributed by atoms with Crippen molar-refractivity contribution in [3.63, 3.8) is 0 Å². The quantitative estimate of drug-likeness (QED) is 0.783. The molecule has 2 nitrogen and oxygen atoms in total. The van der Waals surface area contributed by atoms with E-state index >= 15 is 0 Å². The molecule has 18 heavy (non-hydrogen) atoms. The van der Waals surface area contributed by atoms with Gasteiger partial charge in [0.05, 0.1) is 11.3 Å². The maximum atomic E-state index is 9.08. The standard InChI is InChI=1S/C16H22N2/c1-13-6-4-10-15(12-17)16(13)18-11-5-9-14-7-2-3-8-14/h4,6,10,14,18H,2-3,5,7-9,11H2,1H3. The Bertz CT molecular complexity index is 425. The highest BCUT2D eigenvalue weighted by Crippen LogP contribution is 2.28. The van der Waals surface area contributed by atoms with E-state index in [9.17, 15) is 0 Å². The Kier molecular flexibility index (Phi) is 4.64. The lowest BCUT2D eigenvalue weighted by atomic mass is 10.0. The Morgan fingerprint density at radius 1 is 1.33 bits per heavy atom. The predicted molar refractivity (Wildman–Crippen MR) is 75.6 cm³/mol. The molecular weight excluding hydrogens is 220 g/mol. The molecule has 0 aliphatic heterocycles. The summed E-state index contributed by atoms with van der Waals surface area (Å²) in [5.41, 5.74) is 2.94. The Balaban J connectivity index is 1.81. The smallest absolute Gasteiger partial charge is 0.101 e. The fourth-order valence-corrected chi connectivity index (χ4v) is 2.90. The fourth-order valence-electron chi connectivity index (χ4n) is 2.90. The summed E-state index contributed by atoms with van der Waals surface area (Å²) < 4.78 is 0. The van der Waals surface area contributed by atoms with Gasteiger partial charge in [-0.05, 0) is 37.3 Å². The second kappa shape index (κ2) is 6.44. The topological polar surface area (TPSA) is 35.8 Å². The molecule has 1 saturated carbocycles. The number of nitriles is 1. The SMILES string of the molecule is Cc1cccc(C#N)c1NCCCC1CCCC1. The number of anilines is 1. The van der Waals surface area contributed by atoms with Crippen LogP contribution in [-0.2, 0) is 0 Å². The van der Waals surface area contributed by atoms with Gasteiger partial charge in [-0.2, -0.15) is 5.26 Å². The Hall–Kier alpha value is -1.49. The number of para-hydroxylation sites is 1. The third-order valence-electron chi connectivity index (χ3n) is 3.96. The lowest BCUT2D eigenvalue weighted by Gasteiger charge is -2.13. The lowest BCUT2D eigenvalue weighted by molar-refractivity contribution is 0.491. The van der Waals surface area contributed by atoms with Gasteiger partial charge in [-0.25, -0.2) is 0 Å². The van der Waals surface area contributed by atoms with E-state index < -0.39 is 0 Å². The molecular formula is C16H22N2. The predicted octanol–water partition coefficient (Wildman–Crippen LogP) is 4.25. The highest BCUT2D eigenvalue weighted by atomic mass is 14.9. The first-order chi connectivity index (χ1) is 8.81. The molecule has 0 bridgehead atoms. The summed E-state index contributed by atoms with van der Waals surface area (Å²) in [6, 6.07) is 8.13. The number of nitrogens with one attached hydrogen (secondary N) is 1. The molecule has 1 N–H and O–H groups in total. The van der Waals surface area contributed by atoms with Gasteiger partial charge in [0.15, 0.2) is 0 Å². The van der Waals surface area contributed by atoms with Gasteiger partial charge in [-0.15, -0.1) is 0 Å². The molecule has 0 radical (unpaired) electrons. The first kappa shape index (κ1) is 13.0. The first-order valence-corrected chi connectivity index (χ1v) is 7.05. The van der Waals surface area contributed by atoms with Gasteiger partial charge in [-0.1, -0.05) is 37.8 Å². The summed E-state index contributed by atoms with van der Waals surface area (Å²) in [6.07, 6.45) is 8.25. The summed E-state index contributed by atoms with van der Waals surface area (Å²) in [5.74, 6) is 0.958. The Morgan fingerprint density at radius 2 is 2.11 bits per heavy atom. The van der Waals surface area contributed by atoms with Crippen molar-refractivity contribution >= 4 is 5.69 Å². The van der Waals surface area contributed by atoms with E-state index in [2.05, 4.69) is 24.4 Å². The van der Waals surface area contributed by atoms with Gasteiger partial charge >= 0.3 is 0 Å². The first-order valence-electron chi connectivity index (χ1n) is 7.05. The van der Waals surface area contributed by atoms with E-state index in [-0.39, 0.29) is 0 Å². The molecule has 1 aromatic carbocycles. The zero-order valence-electron chi connectivity index (χ0n) is 11.2. The van der Waals surface area contributed by atoms with Crippen molar-refractivity contribution in [3.05, 3.63) is 29.3 Å². The average Bonchev–Trinajstić information content (AvgIpc) is 2.89. The van der Waals surface area contributed by atoms with Crippen LogP contribution >= 0.6 is 0 Å². The molecule has 1 aromatic rings. The molecule has 0 atom stereocenters. The van der Waals surface area contributed by atoms with Crippen molar-refractivity contribution in [2.24, 2.45) is 5.92 Å². The molecule has 1 fully saturated rings. The van der Waals surface area contributed by atoms with Crippen LogP contribution in [0.25, 0.3) is 0 Å². The van der Waals surface area contributed by atoms with E-state index in [0.29, 0.717) is 0 Å². The van der Waals surface area contributed by atoms with Gasteiger partial charge in [-0.3, -0.25) is 0 Å². The third-order valence-corrected chi connectivity index (χ3v) is 3.96. The molecule has 96 valence electrons. The van der Waals surface area contributed by atoms with Crippen LogP contribution in [0.3, 0.4) is 0 Å². The minimum absolute atomic E-state index is 0.760. The number of rotatable bonds is 5. The van der Waals surface area contributed by atoms with Crippen molar-refractivity contribution < 1.29 is 0 Å². The van der Waals surface area contributed by atoms with Crippen LogP contribution in [0.2, 0.25) is 0 Å². The number of benzene rings is 1. The number of hydrogen-bond donors (Lipinski definition) is 1. The van der Waals surface area contributed by atoms with Crippen LogP contribution in [0.1, 0.15) is 49.7 Å². The van der Waals surface area contributed by atoms with E-state index in [1.807, 2.05) is 12.1 Å². The van der Waals surface area contributed by atoms with Crippen LogP contribution in [0.4, 0.5) is 5.69 Å². The van der Waals surface area contributed by atoms with Crippen LogP contribution < -0.4 is 5.32 Å². The van der Waals surface area contributed by atoms with Crippen LogP contribution in [0, 0.1) is 24.2 Å². The molecule has 2 rings (SSSR count). The van der Waals surface area contributed by atoms with Crippen molar-refractivity contribution in [1.29, 1.82) is 5.26 Å². The zero-order chi connectivity index (χ0) is 12.8. The van der Waals surface area contributed by atoms with E-state index in [0.717, 1.165) is 29.3 Å². The summed E-state index contributed by atoms with van der Waals surface area (Å²) in [7, 11) is 0. The normalized spacial score (nSPS) is 15.6. The third kappa shape index (κ3) is 3.26. The van der Waals surface area contributed by atoms with Crippen molar-refractivity contribution in [3.8, 4) is 6.07 Å². The van der Waals surface area contributed by atoms with Gasteiger partial charge in [0.25, 0.3) is 0 Å². The highest BCUT2D eigenvalue weighted by Gasteiger charge is 2.14. The number of aryl methyl sites for hydroxylation is 1. The van der Waals surface area contributed by atoms with Crippen LogP contribution in [0.15, 0.2) is 18.2 Å². The number of nitrogens with zero attached hydrogens (tertiary/aromatic N) is 1. The lowest BCUT2D eigenvalue weighted by Crippen LogP contribution is -2.06. The van der Waals surface area contributed by atoms with Crippen LogP contribution in [-0.4, -0.2) is 6.54 Å². The van der Waals surface area contributed by atoms with Gasteiger partial charge in [0.1, 0.15) is 6.07 Å². The monoisotopic (exact) mass is 242 g/mol. The van der Waals surface area contributed by atoms with E-state index in [4.69, 9.17) is 5.26 Å². The molecule has 0 spiro atoms. The fraction of sp³-hybridized carbons (Fsp3) is 0.562. The maximum absolute atomic E-state index is 9.08. The molecule has 0 amide bonds. The van der Waals surface area contributed by atoms with Gasteiger partial charge in [0.2, 0.25) is 0 Å². The summed E-state index contributed by atoms with van der Waals surface area (Å²) >= 11 is 0. The zero-order valence-corrected chi connectivity index (χ0v) is 11.2. The van der Waals surface area contributed by atoms with Crippen molar-refractivity contribution in [2.45, 2.75) is 45.4 Å². The molecule has 0 unspecified atom stereocenters. The highest BCUT2D eigenvalue weighted by molar-refractivity contribution is 5.62. The Morgan fingerprint density at radius 3 is 2.83 bits per heavy atom. The number of hydrogen-bond acceptors (Lipinski definition) is 2. The largest absolute Gasteiger partial charge is 0.384 e.